The van der Waals surface area contributed by atoms with Crippen LogP contribution >= 0.6 is 0 Å². The van der Waals surface area contributed by atoms with Gasteiger partial charge < -0.3 is 0 Å². The summed E-state index contributed by atoms with van der Waals surface area (Å²) in [4.78, 5) is 0. The maximum absolute atomic E-state index is 1.76. The van der Waals surface area contributed by atoms with Gasteiger partial charge in [-0.15, -0.1) is 0 Å². The second kappa shape index (κ2) is 3.33. The van der Waals surface area contributed by atoms with E-state index in [9.17, 15) is 0 Å². The summed E-state index contributed by atoms with van der Waals surface area (Å²) in [5.74, 6) is 43.9. The molecule has 244 valence electrons. The van der Waals surface area contributed by atoms with Crippen molar-refractivity contribution >= 4 is 0 Å². The molecule has 51 heavy (non-hydrogen) atoms. The first kappa shape index (κ1) is 19.0. The second-order valence-electron chi connectivity index (χ2n) is 31.6. The van der Waals surface area contributed by atoms with Crippen molar-refractivity contribution in [2.75, 3.05) is 0 Å². The summed E-state index contributed by atoms with van der Waals surface area (Å²) in [6.45, 7) is 0. The van der Waals surface area contributed by atoms with Crippen LogP contribution in [0, 0.1) is 271 Å². The molecule has 47 atom stereocenters. The van der Waals surface area contributed by atoms with Crippen LogP contribution in [-0.4, -0.2) is 0 Å². The van der Waals surface area contributed by atoms with Crippen LogP contribution in [0.4, 0.5) is 0 Å². The summed E-state index contributed by atoms with van der Waals surface area (Å²) in [5, 5.41) is 0. The van der Waals surface area contributed by atoms with Crippen LogP contribution in [0.2, 0.25) is 0 Å². The first-order valence-electron chi connectivity index (χ1n) is 25.3. The molecular weight excluding hydrogens is 613 g/mol. The molecule has 0 nitrogen and oxygen atoms in total. The molecule has 0 heteroatoms. The molecule has 0 saturated heterocycles. The number of hydrogen-bond donors (Lipinski definition) is 0. The molecule has 32 aliphatic rings. The van der Waals surface area contributed by atoms with Gasteiger partial charge in [0, 0.05) is 0 Å². The number of hydrogen-bond acceptors (Lipinski definition) is 0. The molecule has 32 rings (SSSR count). The maximum atomic E-state index is 1.76. The monoisotopic (exact) mass is 652 g/mol. The Morgan fingerprint density at radius 3 is 0.510 bits per heavy atom. The van der Waals surface area contributed by atoms with Gasteiger partial charge in [-0.05, 0) is 296 Å². The highest BCUT2D eigenvalue weighted by atomic mass is 15.4. The van der Waals surface area contributed by atoms with Gasteiger partial charge in [-0.2, -0.15) is 0 Å². The average molecular weight is 653 g/mol. The fraction of sp³-hybridized carbons (Fsp3) is 1.00. The topological polar surface area (TPSA) is 0 Å². The summed E-state index contributed by atoms with van der Waals surface area (Å²) in [6.07, 6.45) is 7.05. The van der Waals surface area contributed by atoms with Gasteiger partial charge in [0.25, 0.3) is 0 Å². The highest BCUT2D eigenvalue weighted by Crippen LogP contribution is 3.42. The van der Waals surface area contributed by atoms with Crippen LogP contribution in [-0.2, 0) is 0 Å². The van der Waals surface area contributed by atoms with E-state index in [2.05, 4.69) is 0 Å². The molecule has 0 aromatic carbocycles. The van der Waals surface area contributed by atoms with E-state index in [4.69, 9.17) is 0 Å². The lowest BCUT2D eigenvalue weighted by atomic mass is 8.63. The van der Waals surface area contributed by atoms with Crippen LogP contribution in [0.5, 0.6) is 0 Å². The number of fused-ring (bicyclic) bond motifs is 28. The zero-order valence-electron chi connectivity index (χ0n) is 28.8. The summed E-state index contributed by atoms with van der Waals surface area (Å²) in [7, 11) is 0. The Morgan fingerprint density at radius 1 is 0.176 bits per heavy atom. The summed E-state index contributed by atoms with van der Waals surface area (Å²) >= 11 is 0. The van der Waals surface area contributed by atoms with Gasteiger partial charge in [-0.1, -0.05) is 0 Å². The Bertz CT molecular complexity index is 2530. The smallest absolute Gasteiger partial charge is 0.00932 e. The van der Waals surface area contributed by atoms with Crippen molar-refractivity contribution in [2.45, 2.75) is 25.7 Å². The number of rotatable bonds is 0. The van der Waals surface area contributed by atoms with Crippen molar-refractivity contribution in [1.82, 2.24) is 0 Å². The van der Waals surface area contributed by atoms with Gasteiger partial charge in [0.2, 0.25) is 0 Å². The quantitative estimate of drug-likeness (QED) is 0.325. The van der Waals surface area contributed by atoms with Crippen molar-refractivity contribution in [3.8, 4) is 0 Å². The molecule has 0 heterocycles. The fourth-order valence-electron chi connectivity index (χ4n) is 47.6. The molecule has 0 amide bonds. The zero-order chi connectivity index (χ0) is 28.8. The van der Waals surface area contributed by atoms with E-state index in [1.807, 2.05) is 0 Å². The molecule has 0 N–H and O–H groups in total. The lowest BCUT2D eigenvalue weighted by Gasteiger charge is -3.40. The molecule has 0 aromatic heterocycles. The fourth-order valence-corrected chi connectivity index (χ4v) is 47.6. The van der Waals surface area contributed by atoms with Crippen LogP contribution in [0.25, 0.3) is 0 Å². The van der Waals surface area contributed by atoms with E-state index >= 15 is 0 Å². The lowest BCUT2D eigenvalue weighted by Crippen LogP contribution is -3.38. The van der Waals surface area contributed by atoms with Crippen molar-refractivity contribution in [3.63, 3.8) is 0 Å². The Kier molecular flexibility index (Phi) is 1.24. The van der Waals surface area contributed by atoms with Gasteiger partial charge in [0.15, 0.2) is 0 Å². The predicted molar refractivity (Wildman–Crippen MR) is 167 cm³/mol. The van der Waals surface area contributed by atoms with E-state index < -0.39 is 0 Å². The second-order valence-corrected chi connectivity index (χ2v) is 31.6. The Balaban J connectivity index is 0.642. The third kappa shape index (κ3) is 0.579. The Hall–Kier alpha value is 0. The SMILES string of the molecule is C1C2C[C@H]3[C@H]4[C@H]5[C@H]6[C@H]7[C@H]8[C@H]9C%10[C@H]%11[C@H]%12[C@H]%13[C@H]%14[C@H]%15[C@H]%16[C@H]%17CC%18CC%19C%20C%21C%22C%23C%24C%25C%26C%27C%28C%29C%30C%31C%32C1C23C%324C%315C%306C%297C%288C%279C%26%10C%25%11C%24%12C%23%13C%22%14C%21%15C%20%16C%18%19%17. The molecule has 32 aliphatic carbocycles. The van der Waals surface area contributed by atoms with Gasteiger partial charge in [-0.25, -0.2) is 0 Å². The van der Waals surface area contributed by atoms with E-state index in [1.54, 1.807) is 25.7 Å². The minimum Gasteiger partial charge on any atom is -0.0461 e. The molecule has 0 radical (unpaired) electrons. The maximum Gasteiger partial charge on any atom is -0.00932 e. The summed E-state index contributed by atoms with van der Waals surface area (Å²) < 4.78 is 0. The normalized spacial score (nSPS) is 126. The highest BCUT2D eigenvalue weighted by molar-refractivity contribution is 5.86. The molecule has 32 saturated carbocycles. The molecule has 0 aromatic rings. The Labute approximate surface area is 295 Å². The standard InChI is InChI=1S/C51H40/c1-5-2-8-12-16-20-24-28-32-36-34-30-26-22-18-14-10-4-6-3-9-13-17-21-25-29-33-35-31-27-23-19-15-11-7(1)37(5,8)39(11,12)41(15,16)43(19,20)45(23,24)47(27,28)49(31,32)51(35,36)50(33,34)48(29,30)46(25,26)44(21,22)42(17,18)40(13,14)38(6,9)10/h5-36H,1-4H2/t5?,6?,7-,8?,9+,10?,11-,12?,13+,14?,15-,16?,17+,18?,19-,20?,21+,22?,23-,24?,25+,26?,27-,28?,29+,30?,31-,32?,33+,34?,35?,36?,37?,38?,39?,40?,41?,42?,43?,44?,45?,46?,47?,48?,49?,50?,51?. The predicted octanol–water partition coefficient (Wildman–Crippen LogP) is 5.50. The van der Waals surface area contributed by atoms with Crippen molar-refractivity contribution < 1.29 is 0 Å². The van der Waals surface area contributed by atoms with Gasteiger partial charge in [0.05, 0.1) is 0 Å². The van der Waals surface area contributed by atoms with Crippen LogP contribution in [0.15, 0.2) is 0 Å². The van der Waals surface area contributed by atoms with Crippen LogP contribution < -0.4 is 0 Å². The molecule has 15 spiro atoms. The van der Waals surface area contributed by atoms with Crippen LogP contribution in [0.1, 0.15) is 25.7 Å². The first-order valence-corrected chi connectivity index (χ1v) is 25.3. The zero-order valence-corrected chi connectivity index (χ0v) is 28.8. The largest absolute Gasteiger partial charge is 0.0461 e. The molecule has 0 bridgehead atoms. The molecule has 0 aliphatic heterocycles. The van der Waals surface area contributed by atoms with Crippen LogP contribution in [0.3, 0.4) is 0 Å². The van der Waals surface area contributed by atoms with E-state index in [1.165, 1.54) is 189 Å². The third-order valence-corrected chi connectivity index (χ3v) is 40.3. The lowest BCUT2D eigenvalue weighted by molar-refractivity contribution is -0.948. The summed E-state index contributed by atoms with van der Waals surface area (Å²) in [6, 6.07) is 0. The average Bonchev–Trinajstić information content (AvgIpc) is 2.99. The highest BCUT2D eigenvalue weighted by Gasteiger charge is 3.40. The summed E-state index contributed by atoms with van der Waals surface area (Å²) in [5.41, 5.74) is 16.4. The van der Waals surface area contributed by atoms with Crippen molar-refractivity contribution in [2.24, 2.45) is 271 Å². The minimum atomic E-state index is 1.07. The van der Waals surface area contributed by atoms with E-state index in [0.717, 1.165) is 81.2 Å². The molecular formula is C51H40. The van der Waals surface area contributed by atoms with Gasteiger partial charge in [0.1, 0.15) is 0 Å². The third-order valence-electron chi connectivity index (χ3n) is 40.3. The Morgan fingerprint density at radius 2 is 0.333 bits per heavy atom. The van der Waals surface area contributed by atoms with Crippen molar-refractivity contribution in [1.29, 1.82) is 0 Å². The first-order chi connectivity index (χ1) is 25.3. The van der Waals surface area contributed by atoms with Gasteiger partial charge >= 0.3 is 0 Å². The minimum absolute atomic E-state index is 1.07. The van der Waals surface area contributed by atoms with Crippen molar-refractivity contribution in [3.05, 3.63) is 0 Å². The van der Waals surface area contributed by atoms with E-state index in [-0.39, 0.29) is 0 Å². The molecule has 33 unspecified atom stereocenters. The van der Waals surface area contributed by atoms with E-state index in [0.29, 0.717) is 0 Å². The van der Waals surface area contributed by atoms with Gasteiger partial charge in [-0.3, -0.25) is 0 Å². The molecule has 32 fully saturated rings.